The third kappa shape index (κ3) is 2.92. The molecule has 1 aromatic carbocycles. The van der Waals surface area contributed by atoms with E-state index in [4.69, 9.17) is 5.11 Å². The maximum atomic E-state index is 11.2. The Balaban J connectivity index is 2.11. The fourth-order valence-electron chi connectivity index (χ4n) is 1.35. The van der Waals surface area contributed by atoms with Crippen LogP contribution in [0.15, 0.2) is 18.2 Å². The molecule has 1 amide bonds. The van der Waals surface area contributed by atoms with Crippen LogP contribution in [0.4, 0.5) is 9.93 Å². The molecule has 0 aliphatic heterocycles. The van der Waals surface area contributed by atoms with E-state index in [2.05, 4.69) is 15.0 Å². The highest BCUT2D eigenvalue weighted by molar-refractivity contribution is 7.22. The topological polar surface area (TPSA) is 71.5 Å². The third-order valence-electron chi connectivity index (χ3n) is 2.08. The molecular weight excluding hydrogens is 240 g/mol. The molecule has 0 fully saturated rings. The van der Waals surface area contributed by atoms with Gasteiger partial charge in [-0.3, -0.25) is 5.32 Å². The van der Waals surface area contributed by atoms with Crippen molar-refractivity contribution in [3.8, 4) is 0 Å². The van der Waals surface area contributed by atoms with Gasteiger partial charge in [0.15, 0.2) is 5.13 Å². The molecular formula is C11H12N2O3S. The van der Waals surface area contributed by atoms with E-state index in [0.29, 0.717) is 5.13 Å². The number of amides is 1. The summed E-state index contributed by atoms with van der Waals surface area (Å²) in [6.07, 6.45) is -0.602. The van der Waals surface area contributed by atoms with E-state index in [1.54, 1.807) is 0 Å². The lowest BCUT2D eigenvalue weighted by Gasteiger charge is -2.01. The Kier molecular flexibility index (Phi) is 3.55. The van der Waals surface area contributed by atoms with Crippen LogP contribution >= 0.6 is 11.3 Å². The summed E-state index contributed by atoms with van der Waals surface area (Å²) in [4.78, 5) is 15.5. The first-order valence-corrected chi connectivity index (χ1v) is 5.92. The monoisotopic (exact) mass is 252 g/mol. The molecule has 2 rings (SSSR count). The second-order valence-corrected chi connectivity index (χ2v) is 4.51. The number of nitrogens with zero attached hydrogens (tertiary/aromatic N) is 1. The quantitative estimate of drug-likeness (QED) is 0.878. The number of hydrogen-bond donors (Lipinski definition) is 2. The Morgan fingerprint density at radius 3 is 3.18 bits per heavy atom. The Morgan fingerprint density at radius 1 is 1.59 bits per heavy atom. The highest BCUT2D eigenvalue weighted by Crippen LogP contribution is 2.26. The van der Waals surface area contributed by atoms with E-state index in [0.717, 1.165) is 15.8 Å². The van der Waals surface area contributed by atoms with Gasteiger partial charge in [0.1, 0.15) is 6.61 Å². The van der Waals surface area contributed by atoms with Crippen molar-refractivity contribution in [1.82, 2.24) is 4.98 Å². The molecule has 0 unspecified atom stereocenters. The highest BCUT2D eigenvalue weighted by atomic mass is 32.1. The van der Waals surface area contributed by atoms with Crippen LogP contribution in [-0.4, -0.2) is 29.4 Å². The summed E-state index contributed by atoms with van der Waals surface area (Å²) in [5.41, 5.74) is 1.99. The van der Waals surface area contributed by atoms with E-state index in [-0.39, 0.29) is 13.2 Å². The fourth-order valence-corrected chi connectivity index (χ4v) is 2.30. The first kappa shape index (κ1) is 11.8. The average Bonchev–Trinajstić information content (AvgIpc) is 2.67. The van der Waals surface area contributed by atoms with Gasteiger partial charge in [-0.25, -0.2) is 9.78 Å². The molecule has 2 N–H and O–H groups in total. The number of aromatic nitrogens is 1. The van der Waals surface area contributed by atoms with Gasteiger partial charge in [0.05, 0.1) is 16.8 Å². The molecule has 0 radical (unpaired) electrons. The standard InChI is InChI=1S/C11H12N2O3S/c1-7-2-3-8-9(6-7)17-10(12-8)13-11(15)16-5-4-14/h2-3,6,14H,4-5H2,1H3,(H,12,13,15). The van der Waals surface area contributed by atoms with Crippen molar-refractivity contribution in [3.05, 3.63) is 23.8 Å². The lowest BCUT2D eigenvalue weighted by atomic mass is 10.2. The number of rotatable bonds is 3. The van der Waals surface area contributed by atoms with Crippen molar-refractivity contribution in [2.75, 3.05) is 18.5 Å². The predicted molar refractivity (Wildman–Crippen MR) is 66.4 cm³/mol. The summed E-state index contributed by atoms with van der Waals surface area (Å²) in [5.74, 6) is 0. The lowest BCUT2D eigenvalue weighted by Crippen LogP contribution is -2.15. The second-order valence-electron chi connectivity index (χ2n) is 3.47. The maximum absolute atomic E-state index is 11.2. The molecule has 0 atom stereocenters. The minimum atomic E-state index is -0.602. The number of anilines is 1. The summed E-state index contributed by atoms with van der Waals surface area (Å²) < 4.78 is 5.70. The van der Waals surface area contributed by atoms with Crippen LogP contribution < -0.4 is 5.32 Å². The number of benzene rings is 1. The molecule has 1 heterocycles. The van der Waals surface area contributed by atoms with E-state index < -0.39 is 6.09 Å². The molecule has 6 heteroatoms. The van der Waals surface area contributed by atoms with Crippen molar-refractivity contribution in [1.29, 1.82) is 0 Å². The Labute approximate surface area is 102 Å². The zero-order valence-corrected chi connectivity index (χ0v) is 10.1. The Bertz CT molecular complexity index is 538. The minimum Gasteiger partial charge on any atom is -0.447 e. The van der Waals surface area contributed by atoms with E-state index in [9.17, 15) is 4.79 Å². The molecule has 1 aromatic heterocycles. The number of carbonyl (C=O) groups excluding carboxylic acids is 1. The van der Waals surface area contributed by atoms with Crippen LogP contribution in [0, 0.1) is 6.92 Å². The van der Waals surface area contributed by atoms with Gasteiger partial charge in [0.2, 0.25) is 0 Å². The first-order chi connectivity index (χ1) is 8.19. The van der Waals surface area contributed by atoms with Gasteiger partial charge in [-0.2, -0.15) is 0 Å². The molecule has 0 saturated heterocycles. The molecule has 0 bridgehead atoms. The SMILES string of the molecule is Cc1ccc2nc(NC(=O)OCCO)sc2c1. The van der Waals surface area contributed by atoms with Crippen molar-refractivity contribution in [2.24, 2.45) is 0 Å². The van der Waals surface area contributed by atoms with E-state index in [1.165, 1.54) is 11.3 Å². The van der Waals surface area contributed by atoms with Crippen LogP contribution in [0.25, 0.3) is 10.2 Å². The van der Waals surface area contributed by atoms with Gasteiger partial charge in [-0.05, 0) is 24.6 Å². The van der Waals surface area contributed by atoms with Gasteiger partial charge in [-0.15, -0.1) is 0 Å². The van der Waals surface area contributed by atoms with Crippen molar-refractivity contribution in [3.63, 3.8) is 0 Å². The van der Waals surface area contributed by atoms with Gasteiger partial charge >= 0.3 is 6.09 Å². The smallest absolute Gasteiger partial charge is 0.413 e. The first-order valence-electron chi connectivity index (χ1n) is 5.11. The normalized spacial score (nSPS) is 10.5. The molecule has 0 aliphatic carbocycles. The summed E-state index contributed by atoms with van der Waals surface area (Å²) in [6, 6.07) is 5.89. The summed E-state index contributed by atoms with van der Waals surface area (Å²) in [6.45, 7) is 1.80. The summed E-state index contributed by atoms with van der Waals surface area (Å²) in [5, 5.41) is 11.5. The highest BCUT2D eigenvalue weighted by Gasteiger charge is 2.08. The number of fused-ring (bicyclic) bond motifs is 1. The number of aliphatic hydroxyl groups excluding tert-OH is 1. The van der Waals surface area contributed by atoms with Crippen LogP contribution in [0.3, 0.4) is 0 Å². The maximum Gasteiger partial charge on any atom is 0.413 e. The van der Waals surface area contributed by atoms with Gasteiger partial charge in [0.25, 0.3) is 0 Å². The fraction of sp³-hybridized carbons (Fsp3) is 0.273. The third-order valence-corrected chi connectivity index (χ3v) is 3.01. The molecule has 90 valence electrons. The number of carbonyl (C=O) groups is 1. The van der Waals surface area contributed by atoms with Crippen molar-refractivity contribution in [2.45, 2.75) is 6.92 Å². The summed E-state index contributed by atoms with van der Waals surface area (Å²) >= 11 is 1.39. The number of aliphatic hydroxyl groups is 1. The van der Waals surface area contributed by atoms with Crippen LogP contribution in [0.2, 0.25) is 0 Å². The Hall–Kier alpha value is -1.66. The van der Waals surface area contributed by atoms with Gasteiger partial charge < -0.3 is 9.84 Å². The number of hydrogen-bond acceptors (Lipinski definition) is 5. The van der Waals surface area contributed by atoms with Crippen LogP contribution in [0.1, 0.15) is 5.56 Å². The largest absolute Gasteiger partial charge is 0.447 e. The zero-order chi connectivity index (χ0) is 12.3. The minimum absolute atomic E-state index is 0.0180. The molecule has 0 spiro atoms. The zero-order valence-electron chi connectivity index (χ0n) is 9.27. The van der Waals surface area contributed by atoms with E-state index in [1.807, 2.05) is 25.1 Å². The molecule has 2 aromatic rings. The average molecular weight is 252 g/mol. The van der Waals surface area contributed by atoms with Crippen molar-refractivity contribution < 1.29 is 14.6 Å². The molecule has 0 saturated carbocycles. The number of nitrogens with one attached hydrogen (secondary N) is 1. The predicted octanol–water partition coefficient (Wildman–Crippen LogP) is 2.15. The molecule has 5 nitrogen and oxygen atoms in total. The molecule has 17 heavy (non-hydrogen) atoms. The summed E-state index contributed by atoms with van der Waals surface area (Å²) in [7, 11) is 0. The second kappa shape index (κ2) is 5.11. The Morgan fingerprint density at radius 2 is 2.41 bits per heavy atom. The van der Waals surface area contributed by atoms with Crippen LogP contribution in [0.5, 0.6) is 0 Å². The number of thiazole rings is 1. The van der Waals surface area contributed by atoms with E-state index >= 15 is 0 Å². The van der Waals surface area contributed by atoms with Gasteiger partial charge in [0, 0.05) is 0 Å². The van der Waals surface area contributed by atoms with Crippen LogP contribution in [-0.2, 0) is 4.74 Å². The van der Waals surface area contributed by atoms with Gasteiger partial charge in [-0.1, -0.05) is 17.4 Å². The lowest BCUT2D eigenvalue weighted by molar-refractivity contribution is 0.131. The molecule has 0 aliphatic rings. The number of ether oxygens (including phenoxy) is 1. The van der Waals surface area contributed by atoms with Crippen molar-refractivity contribution >= 4 is 32.8 Å². The number of aryl methyl sites for hydroxylation is 1.